The molecule has 3 fully saturated rings. The van der Waals surface area contributed by atoms with Crippen LogP contribution in [0.1, 0.15) is 12.1 Å². The van der Waals surface area contributed by atoms with E-state index in [2.05, 4.69) is 21.8 Å². The van der Waals surface area contributed by atoms with E-state index in [1.54, 1.807) is 18.2 Å². The molecular formula is C34H32F2N6O2. The number of fused-ring (bicyclic) bond motifs is 2. The minimum absolute atomic E-state index is 0.00903. The largest absolute Gasteiger partial charge is 0.457 e. The summed E-state index contributed by atoms with van der Waals surface area (Å²) in [6.07, 6.45) is 4.73. The van der Waals surface area contributed by atoms with Gasteiger partial charge in [-0.05, 0) is 54.0 Å². The highest BCUT2D eigenvalue weighted by Gasteiger charge is 2.55. The van der Waals surface area contributed by atoms with Crippen LogP contribution >= 0.6 is 0 Å². The Morgan fingerprint density at radius 1 is 1.11 bits per heavy atom. The first-order valence-electron chi connectivity index (χ1n) is 14.8. The van der Waals surface area contributed by atoms with Crippen LogP contribution in [-0.2, 0) is 11.8 Å². The summed E-state index contributed by atoms with van der Waals surface area (Å²) in [4.78, 5) is 25.3. The number of aryl methyl sites for hydroxylation is 1. The molecule has 1 aliphatic carbocycles. The highest BCUT2D eigenvalue weighted by atomic mass is 19.1. The van der Waals surface area contributed by atoms with Crippen molar-refractivity contribution in [3.63, 3.8) is 0 Å². The molecule has 1 amide bonds. The predicted molar refractivity (Wildman–Crippen MR) is 164 cm³/mol. The number of hydrogen-bond acceptors (Lipinski definition) is 6. The number of ether oxygens (including phenoxy) is 1. The van der Waals surface area contributed by atoms with Crippen LogP contribution in [0.25, 0.3) is 22.2 Å². The molecule has 224 valence electrons. The van der Waals surface area contributed by atoms with Gasteiger partial charge in [0.25, 0.3) is 0 Å². The van der Waals surface area contributed by atoms with Gasteiger partial charge in [0, 0.05) is 63.4 Å². The molecule has 8 nitrogen and oxygen atoms in total. The lowest BCUT2D eigenvalue weighted by molar-refractivity contribution is -0.125. The lowest BCUT2D eigenvalue weighted by atomic mass is 10.0. The molecule has 3 aliphatic rings. The fourth-order valence-electron chi connectivity index (χ4n) is 6.49. The van der Waals surface area contributed by atoms with Gasteiger partial charge in [0.05, 0.1) is 5.39 Å². The number of rotatable bonds is 6. The Bertz CT molecular complexity index is 1810. The highest BCUT2D eigenvalue weighted by Crippen LogP contribution is 2.51. The average Bonchev–Trinajstić information content (AvgIpc) is 3.34. The number of aromatic nitrogens is 3. The summed E-state index contributed by atoms with van der Waals surface area (Å²) in [5.74, 6) is 8.82. The van der Waals surface area contributed by atoms with Crippen molar-refractivity contribution in [1.29, 1.82) is 0 Å². The van der Waals surface area contributed by atoms with Gasteiger partial charge in [0.15, 0.2) is 0 Å². The van der Waals surface area contributed by atoms with Crippen LogP contribution in [-0.4, -0.2) is 69.1 Å². The molecule has 2 saturated heterocycles. The zero-order valence-electron chi connectivity index (χ0n) is 24.3. The van der Waals surface area contributed by atoms with Gasteiger partial charge in [0.2, 0.25) is 5.91 Å². The monoisotopic (exact) mass is 594 g/mol. The van der Waals surface area contributed by atoms with Gasteiger partial charge in [-0.2, -0.15) is 0 Å². The van der Waals surface area contributed by atoms with Gasteiger partial charge >= 0.3 is 0 Å². The molecule has 0 bridgehead atoms. The van der Waals surface area contributed by atoms with Gasteiger partial charge < -0.3 is 19.9 Å². The second-order valence-electron chi connectivity index (χ2n) is 11.7. The van der Waals surface area contributed by atoms with Gasteiger partial charge in [0.1, 0.15) is 47.0 Å². The van der Waals surface area contributed by atoms with Gasteiger partial charge in [-0.3, -0.25) is 9.69 Å². The van der Waals surface area contributed by atoms with E-state index in [0.29, 0.717) is 67.4 Å². The molecular weight excluding hydrogens is 562 g/mol. The number of amides is 1. The number of carbonyl (C=O) groups excluding carboxylic acids is 1. The SMILES string of the molecule is Cn1c(C#C[C@@H]2[C@H]3CN(C(=O)/C=C/CN4CCC(F)C4)C[C@@H]23)c(-c2ccc(Oc3cccc(F)c3)cc2)c2c(N)ncnc21. The normalized spacial score (nSPS) is 22.8. The predicted octanol–water partition coefficient (Wildman–Crippen LogP) is 4.80. The summed E-state index contributed by atoms with van der Waals surface area (Å²) >= 11 is 0. The number of anilines is 1. The van der Waals surface area contributed by atoms with E-state index in [4.69, 9.17) is 10.5 Å². The van der Waals surface area contributed by atoms with Crippen LogP contribution in [0.2, 0.25) is 0 Å². The molecule has 0 spiro atoms. The zero-order valence-corrected chi connectivity index (χ0v) is 24.3. The maximum absolute atomic E-state index is 13.6. The van der Waals surface area contributed by atoms with Crippen molar-refractivity contribution in [3.05, 3.63) is 78.5 Å². The molecule has 2 aromatic heterocycles. The van der Waals surface area contributed by atoms with Crippen LogP contribution in [0.5, 0.6) is 11.5 Å². The number of nitrogen functional groups attached to an aromatic ring is 1. The van der Waals surface area contributed by atoms with E-state index in [1.165, 1.54) is 18.5 Å². The Kier molecular flexibility index (Phi) is 7.26. The molecule has 1 saturated carbocycles. The molecule has 4 heterocycles. The second kappa shape index (κ2) is 11.4. The van der Waals surface area contributed by atoms with Crippen LogP contribution in [0.15, 0.2) is 67.0 Å². The molecule has 1 unspecified atom stereocenters. The van der Waals surface area contributed by atoms with Crippen molar-refractivity contribution in [2.75, 3.05) is 38.5 Å². The van der Waals surface area contributed by atoms with E-state index < -0.39 is 6.17 Å². The number of piperidine rings is 1. The van der Waals surface area contributed by atoms with Crippen molar-refractivity contribution < 1.29 is 18.3 Å². The number of alkyl halides is 1. The summed E-state index contributed by atoms with van der Waals surface area (Å²) in [6, 6.07) is 13.5. The van der Waals surface area contributed by atoms with Crippen molar-refractivity contribution in [2.45, 2.75) is 12.6 Å². The Morgan fingerprint density at radius 2 is 1.91 bits per heavy atom. The van der Waals surface area contributed by atoms with Crippen molar-refractivity contribution in [3.8, 4) is 34.5 Å². The molecule has 10 heteroatoms. The average molecular weight is 595 g/mol. The first-order valence-corrected chi connectivity index (χ1v) is 14.8. The molecule has 44 heavy (non-hydrogen) atoms. The first kappa shape index (κ1) is 28.0. The standard InChI is InChI=1S/C34H32F2N6O2/c1-40-29(12-11-26-27-18-42(19-28(26)27)30(43)6-3-14-41-15-13-23(36)17-41)31(32-33(37)38-20-39-34(32)40)21-7-9-24(10-8-21)44-25-5-2-4-22(35)16-25/h2-10,16,20,23,26-28H,13-15,17-19H2,1H3,(H2,37,38,39)/b6-3+/t23?,26-,27-,28+. The molecule has 2 N–H and O–H groups in total. The molecule has 4 aromatic rings. The lowest BCUT2D eigenvalue weighted by Gasteiger charge is -2.17. The summed E-state index contributed by atoms with van der Waals surface area (Å²) in [6.45, 7) is 3.17. The summed E-state index contributed by atoms with van der Waals surface area (Å²) < 4.78 is 34.8. The number of carbonyl (C=O) groups is 1. The number of halogens is 2. The Balaban J connectivity index is 1.08. The summed E-state index contributed by atoms with van der Waals surface area (Å²) in [7, 11) is 1.92. The highest BCUT2D eigenvalue weighted by molar-refractivity contribution is 6.03. The zero-order chi connectivity index (χ0) is 30.4. The molecule has 7 rings (SSSR count). The maximum Gasteiger partial charge on any atom is 0.246 e. The smallest absolute Gasteiger partial charge is 0.246 e. The first-order chi connectivity index (χ1) is 21.4. The van der Waals surface area contributed by atoms with E-state index in [9.17, 15) is 13.6 Å². The Hall–Kier alpha value is -4.75. The van der Waals surface area contributed by atoms with Gasteiger partial charge in [-0.25, -0.2) is 18.7 Å². The minimum atomic E-state index is -0.758. The number of likely N-dealkylation sites (tertiary alicyclic amines) is 2. The maximum atomic E-state index is 13.6. The van der Waals surface area contributed by atoms with E-state index in [0.717, 1.165) is 28.8 Å². The summed E-state index contributed by atoms with van der Waals surface area (Å²) in [5.41, 5.74) is 9.54. The van der Waals surface area contributed by atoms with Gasteiger partial charge in [-0.15, -0.1) is 0 Å². The third-order valence-corrected chi connectivity index (χ3v) is 8.87. The second-order valence-corrected chi connectivity index (χ2v) is 11.7. The van der Waals surface area contributed by atoms with Crippen molar-refractivity contribution in [2.24, 2.45) is 24.8 Å². The van der Waals surface area contributed by atoms with Crippen LogP contribution in [0.3, 0.4) is 0 Å². The number of nitrogens with two attached hydrogens (primary N) is 1. The third kappa shape index (κ3) is 5.40. The number of benzene rings is 2. The van der Waals surface area contributed by atoms with E-state index in [1.807, 2.05) is 51.8 Å². The molecule has 2 aliphatic heterocycles. The van der Waals surface area contributed by atoms with Crippen molar-refractivity contribution >= 4 is 22.8 Å². The van der Waals surface area contributed by atoms with Crippen LogP contribution < -0.4 is 10.5 Å². The minimum Gasteiger partial charge on any atom is -0.457 e. The quantitative estimate of drug-likeness (QED) is 0.255. The molecule has 4 atom stereocenters. The fraction of sp³-hybridized carbons (Fsp3) is 0.324. The van der Waals surface area contributed by atoms with Crippen LogP contribution in [0, 0.1) is 35.4 Å². The lowest BCUT2D eigenvalue weighted by Crippen LogP contribution is -2.30. The van der Waals surface area contributed by atoms with Crippen molar-refractivity contribution in [1.82, 2.24) is 24.3 Å². The van der Waals surface area contributed by atoms with Gasteiger partial charge in [-0.1, -0.05) is 30.2 Å². The number of hydrogen-bond donors (Lipinski definition) is 1. The van der Waals surface area contributed by atoms with E-state index in [-0.39, 0.29) is 17.6 Å². The van der Waals surface area contributed by atoms with Crippen LogP contribution in [0.4, 0.5) is 14.6 Å². The Morgan fingerprint density at radius 3 is 2.64 bits per heavy atom. The molecule has 2 aromatic carbocycles. The topological polar surface area (TPSA) is 89.5 Å². The summed E-state index contributed by atoms with van der Waals surface area (Å²) in [5, 5.41) is 0.730. The molecule has 0 radical (unpaired) electrons. The van der Waals surface area contributed by atoms with E-state index >= 15 is 0 Å². The number of nitrogens with zero attached hydrogens (tertiary/aromatic N) is 5. The Labute approximate surface area is 254 Å². The third-order valence-electron chi connectivity index (χ3n) is 8.87. The fourth-order valence-corrected chi connectivity index (χ4v) is 6.49.